The molecule has 0 radical (unpaired) electrons. The van der Waals surface area contributed by atoms with Crippen molar-refractivity contribution in [2.45, 2.75) is 13.8 Å². The highest BCUT2D eigenvalue weighted by molar-refractivity contribution is 5.96. The molecule has 1 aromatic heterocycles. The number of fused-ring (bicyclic) bond motifs is 1. The quantitative estimate of drug-likeness (QED) is 0.613. The molecule has 0 N–H and O–H groups in total. The summed E-state index contributed by atoms with van der Waals surface area (Å²) < 4.78 is 13.1. The summed E-state index contributed by atoms with van der Waals surface area (Å²) in [6.07, 6.45) is 0. The first-order valence-electron chi connectivity index (χ1n) is 6.28. The lowest BCUT2D eigenvalue weighted by molar-refractivity contribution is 0.628. The van der Waals surface area contributed by atoms with Crippen molar-refractivity contribution in [3.05, 3.63) is 65.6 Å². The van der Waals surface area contributed by atoms with Gasteiger partial charge < -0.3 is 0 Å². The van der Waals surface area contributed by atoms with Crippen molar-refractivity contribution in [3.63, 3.8) is 0 Å². The second kappa shape index (κ2) is 4.47. The van der Waals surface area contributed by atoms with E-state index in [0.29, 0.717) is 0 Å². The number of halogens is 1. The third kappa shape index (κ3) is 1.99. The number of aryl methyl sites for hydroxylation is 1. The highest BCUT2D eigenvalue weighted by Gasteiger charge is 2.10. The Morgan fingerprint density at radius 2 is 1.58 bits per heavy atom. The Hall–Kier alpha value is -2.22. The van der Waals surface area contributed by atoms with Gasteiger partial charge in [0.25, 0.3) is 0 Å². The molecule has 3 aromatic rings. The van der Waals surface area contributed by atoms with Crippen LogP contribution in [0, 0.1) is 19.7 Å². The first kappa shape index (κ1) is 11.8. The summed E-state index contributed by atoms with van der Waals surface area (Å²) in [4.78, 5) is 4.60. The normalized spacial score (nSPS) is 10.9. The number of aromatic nitrogens is 1. The summed E-state index contributed by atoms with van der Waals surface area (Å²) >= 11 is 0. The van der Waals surface area contributed by atoms with Crippen LogP contribution in [-0.4, -0.2) is 4.98 Å². The van der Waals surface area contributed by atoms with Crippen LogP contribution in [0.4, 0.5) is 4.39 Å². The van der Waals surface area contributed by atoms with Crippen molar-refractivity contribution < 1.29 is 4.39 Å². The van der Waals surface area contributed by atoms with E-state index in [0.717, 1.165) is 33.3 Å². The zero-order valence-corrected chi connectivity index (χ0v) is 10.9. The van der Waals surface area contributed by atoms with Crippen molar-refractivity contribution >= 4 is 10.9 Å². The lowest BCUT2D eigenvalue weighted by Gasteiger charge is -2.12. The van der Waals surface area contributed by atoms with Crippen LogP contribution in [0.3, 0.4) is 0 Å². The van der Waals surface area contributed by atoms with Crippen LogP contribution in [0.15, 0.2) is 48.5 Å². The summed E-state index contributed by atoms with van der Waals surface area (Å²) in [7, 11) is 0. The summed E-state index contributed by atoms with van der Waals surface area (Å²) in [5, 5.41) is 1.11. The van der Waals surface area contributed by atoms with Gasteiger partial charge in [0.2, 0.25) is 0 Å². The van der Waals surface area contributed by atoms with Crippen LogP contribution < -0.4 is 0 Å². The van der Waals surface area contributed by atoms with Gasteiger partial charge in [-0.2, -0.15) is 0 Å². The molecule has 1 heterocycles. The second-order valence-corrected chi connectivity index (χ2v) is 4.72. The van der Waals surface area contributed by atoms with E-state index in [9.17, 15) is 4.39 Å². The number of benzene rings is 2. The molecule has 0 amide bonds. The van der Waals surface area contributed by atoms with Crippen molar-refractivity contribution in [2.24, 2.45) is 0 Å². The van der Waals surface area contributed by atoms with Gasteiger partial charge in [0, 0.05) is 11.1 Å². The van der Waals surface area contributed by atoms with Gasteiger partial charge in [-0.3, -0.25) is 4.98 Å². The van der Waals surface area contributed by atoms with Crippen LogP contribution in [0.1, 0.15) is 11.3 Å². The number of rotatable bonds is 1. The Morgan fingerprint density at radius 3 is 2.32 bits per heavy atom. The van der Waals surface area contributed by atoms with E-state index in [1.165, 1.54) is 12.1 Å². The van der Waals surface area contributed by atoms with Crippen molar-refractivity contribution in [2.75, 3.05) is 0 Å². The average molecular weight is 251 g/mol. The SMILES string of the molecule is Cc1nc2ccccc2c(-c2ccc(F)cc2)c1C. The summed E-state index contributed by atoms with van der Waals surface area (Å²) in [5.41, 5.74) is 5.30. The molecule has 94 valence electrons. The van der Waals surface area contributed by atoms with Gasteiger partial charge >= 0.3 is 0 Å². The average Bonchev–Trinajstić information content (AvgIpc) is 2.42. The number of hydrogen-bond acceptors (Lipinski definition) is 1. The maximum absolute atomic E-state index is 13.1. The van der Waals surface area contributed by atoms with Gasteiger partial charge in [-0.1, -0.05) is 30.3 Å². The molecular weight excluding hydrogens is 237 g/mol. The van der Waals surface area contributed by atoms with Gasteiger partial charge in [0.1, 0.15) is 5.82 Å². The largest absolute Gasteiger partial charge is 0.253 e. The minimum atomic E-state index is -0.212. The van der Waals surface area contributed by atoms with Crippen LogP contribution in [0.25, 0.3) is 22.0 Å². The standard InChI is InChI=1S/C17H14FN/c1-11-12(2)19-16-6-4-3-5-15(16)17(11)13-7-9-14(18)10-8-13/h3-10H,1-2H3. The zero-order valence-electron chi connectivity index (χ0n) is 10.9. The minimum Gasteiger partial charge on any atom is -0.253 e. The van der Waals surface area contributed by atoms with E-state index in [-0.39, 0.29) is 5.82 Å². The van der Waals surface area contributed by atoms with Crippen LogP contribution >= 0.6 is 0 Å². The van der Waals surface area contributed by atoms with Crippen LogP contribution in [0.5, 0.6) is 0 Å². The molecule has 19 heavy (non-hydrogen) atoms. The molecule has 0 bridgehead atoms. The Kier molecular flexibility index (Phi) is 2.79. The maximum Gasteiger partial charge on any atom is 0.123 e. The first-order chi connectivity index (χ1) is 9.16. The Balaban J connectivity index is 2.38. The smallest absolute Gasteiger partial charge is 0.123 e. The molecule has 3 rings (SSSR count). The third-order valence-electron chi connectivity index (χ3n) is 3.51. The predicted octanol–water partition coefficient (Wildman–Crippen LogP) is 4.66. The van der Waals surface area contributed by atoms with Gasteiger partial charge in [-0.25, -0.2) is 4.39 Å². The van der Waals surface area contributed by atoms with Gasteiger partial charge in [0.05, 0.1) is 5.52 Å². The summed E-state index contributed by atoms with van der Waals surface area (Å²) in [6.45, 7) is 4.07. The molecule has 0 atom stereocenters. The first-order valence-corrected chi connectivity index (χ1v) is 6.28. The van der Waals surface area contributed by atoms with Crippen LogP contribution in [0.2, 0.25) is 0 Å². The fraction of sp³-hybridized carbons (Fsp3) is 0.118. The molecule has 1 nitrogen and oxygen atoms in total. The number of para-hydroxylation sites is 1. The number of nitrogens with zero attached hydrogens (tertiary/aromatic N) is 1. The van der Waals surface area contributed by atoms with Crippen molar-refractivity contribution in [1.82, 2.24) is 4.98 Å². The molecule has 0 unspecified atom stereocenters. The highest BCUT2D eigenvalue weighted by Crippen LogP contribution is 2.32. The molecular formula is C17H14FN. The van der Waals surface area contributed by atoms with E-state index in [2.05, 4.69) is 18.0 Å². The Labute approximate surface area is 111 Å². The minimum absolute atomic E-state index is 0.212. The summed E-state index contributed by atoms with van der Waals surface area (Å²) in [6, 6.07) is 14.7. The maximum atomic E-state index is 13.1. The topological polar surface area (TPSA) is 12.9 Å². The van der Waals surface area contributed by atoms with Gasteiger partial charge in [0.15, 0.2) is 0 Å². The van der Waals surface area contributed by atoms with Gasteiger partial charge in [-0.15, -0.1) is 0 Å². The predicted molar refractivity (Wildman–Crippen MR) is 76.6 cm³/mol. The molecule has 0 saturated heterocycles. The monoisotopic (exact) mass is 251 g/mol. The molecule has 0 fully saturated rings. The lowest BCUT2D eigenvalue weighted by Crippen LogP contribution is -1.94. The number of pyridine rings is 1. The van der Waals surface area contributed by atoms with E-state index in [1.807, 2.05) is 37.3 Å². The molecule has 2 heteroatoms. The van der Waals surface area contributed by atoms with Crippen molar-refractivity contribution in [1.29, 1.82) is 0 Å². The molecule has 0 saturated carbocycles. The van der Waals surface area contributed by atoms with E-state index in [4.69, 9.17) is 0 Å². The lowest BCUT2D eigenvalue weighted by atomic mass is 9.95. The molecule has 0 spiro atoms. The van der Waals surface area contributed by atoms with E-state index >= 15 is 0 Å². The number of hydrogen-bond donors (Lipinski definition) is 0. The Morgan fingerprint density at radius 1 is 0.895 bits per heavy atom. The molecule has 0 aliphatic rings. The fourth-order valence-corrected chi connectivity index (χ4v) is 2.42. The van der Waals surface area contributed by atoms with Crippen molar-refractivity contribution in [3.8, 4) is 11.1 Å². The second-order valence-electron chi connectivity index (χ2n) is 4.72. The Bertz CT molecular complexity index is 745. The van der Waals surface area contributed by atoms with E-state index < -0.39 is 0 Å². The van der Waals surface area contributed by atoms with Gasteiger partial charge in [-0.05, 0) is 48.7 Å². The van der Waals surface area contributed by atoms with Crippen LogP contribution in [-0.2, 0) is 0 Å². The molecule has 0 aliphatic carbocycles. The highest BCUT2D eigenvalue weighted by atomic mass is 19.1. The molecule has 0 aliphatic heterocycles. The van der Waals surface area contributed by atoms with E-state index in [1.54, 1.807) is 0 Å². The zero-order chi connectivity index (χ0) is 13.4. The fourth-order valence-electron chi connectivity index (χ4n) is 2.42. The molecule has 2 aromatic carbocycles. The summed E-state index contributed by atoms with van der Waals surface area (Å²) in [5.74, 6) is -0.212. The third-order valence-corrected chi connectivity index (χ3v) is 3.51.